The van der Waals surface area contributed by atoms with Crippen molar-refractivity contribution < 1.29 is 4.84 Å². The van der Waals surface area contributed by atoms with Crippen LogP contribution in [0.4, 0.5) is 5.95 Å². The fourth-order valence-electron chi connectivity index (χ4n) is 4.83. The minimum Gasteiger partial charge on any atom is -0.399 e. The summed E-state index contributed by atoms with van der Waals surface area (Å²) in [5, 5.41) is 11.1. The zero-order valence-corrected chi connectivity index (χ0v) is 20.9. The lowest BCUT2D eigenvalue weighted by Gasteiger charge is -2.46. The number of hydrogen-bond donors (Lipinski definition) is 2. The molecule has 174 valence electrons. The Morgan fingerprint density at radius 3 is 2.45 bits per heavy atom. The molecule has 0 aliphatic carbocycles. The van der Waals surface area contributed by atoms with Gasteiger partial charge < -0.3 is 15.5 Å². The van der Waals surface area contributed by atoms with Crippen LogP contribution in [0.3, 0.4) is 0 Å². The third kappa shape index (κ3) is 6.18. The summed E-state index contributed by atoms with van der Waals surface area (Å²) in [5.74, 6) is 0.697. The van der Waals surface area contributed by atoms with Gasteiger partial charge in [-0.15, -0.1) is 11.3 Å². The zero-order valence-electron chi connectivity index (χ0n) is 20.1. The molecule has 1 aliphatic rings. The molecular formula is C26H33N5OS. The van der Waals surface area contributed by atoms with Crippen LogP contribution in [0.25, 0.3) is 21.0 Å². The van der Waals surface area contributed by atoms with E-state index < -0.39 is 0 Å². The first-order chi connectivity index (χ1) is 15.7. The van der Waals surface area contributed by atoms with E-state index in [1.807, 2.05) is 12.3 Å². The molecular weight excluding hydrogens is 430 g/mol. The van der Waals surface area contributed by atoms with Crippen molar-refractivity contribution in [3.05, 3.63) is 54.2 Å². The molecule has 6 nitrogen and oxygen atoms in total. The monoisotopic (exact) mass is 463 g/mol. The Kier molecular flexibility index (Phi) is 6.81. The Bertz CT molecular complexity index is 1090. The van der Waals surface area contributed by atoms with Crippen LogP contribution >= 0.6 is 11.3 Å². The molecule has 1 fully saturated rings. The molecule has 0 amide bonds. The highest BCUT2D eigenvalue weighted by Crippen LogP contribution is 2.34. The van der Waals surface area contributed by atoms with E-state index in [1.165, 1.54) is 16.0 Å². The smallest absolute Gasteiger partial charge is 0.223 e. The largest absolute Gasteiger partial charge is 0.399 e. The first kappa shape index (κ1) is 23.4. The molecule has 1 aliphatic heterocycles. The van der Waals surface area contributed by atoms with Crippen molar-refractivity contribution in [2.45, 2.75) is 64.1 Å². The van der Waals surface area contributed by atoms with Gasteiger partial charge in [0.05, 0.1) is 10.6 Å². The van der Waals surface area contributed by atoms with Crippen LogP contribution in [-0.4, -0.2) is 40.4 Å². The number of thiophene rings is 1. The molecule has 0 atom stereocenters. The fraction of sp³-hybridized carbons (Fsp3) is 0.423. The van der Waals surface area contributed by atoms with Gasteiger partial charge in [-0.25, -0.2) is 9.97 Å². The molecule has 0 spiro atoms. The standard InChI is InChI=1S/C26H33N5OS/c1-25(2)16-20(17-26(3,4)31-25)29-24-27-14-13-21(30-24)23-11-10-22(33-23)19-8-6-18(7-9-19)12-15-28-32-5/h6-11,13-15,20,31H,12,16-17H2,1-5H3,(H,27,29,30). The van der Waals surface area contributed by atoms with Gasteiger partial charge in [0, 0.05) is 40.8 Å². The lowest BCUT2D eigenvalue weighted by atomic mass is 9.80. The van der Waals surface area contributed by atoms with Crippen LogP contribution in [0.5, 0.6) is 0 Å². The van der Waals surface area contributed by atoms with Crippen LogP contribution in [0.15, 0.2) is 53.8 Å². The van der Waals surface area contributed by atoms with Crippen molar-refractivity contribution in [1.29, 1.82) is 0 Å². The second kappa shape index (κ2) is 9.61. The van der Waals surface area contributed by atoms with E-state index >= 15 is 0 Å². The van der Waals surface area contributed by atoms with Crippen molar-refractivity contribution >= 4 is 23.5 Å². The number of oxime groups is 1. The minimum absolute atomic E-state index is 0.0752. The number of rotatable bonds is 7. The summed E-state index contributed by atoms with van der Waals surface area (Å²) in [7, 11) is 1.56. The van der Waals surface area contributed by atoms with Crippen molar-refractivity contribution in [1.82, 2.24) is 15.3 Å². The van der Waals surface area contributed by atoms with E-state index in [9.17, 15) is 0 Å². The summed E-state index contributed by atoms with van der Waals surface area (Å²) < 4.78 is 0. The first-order valence-corrected chi connectivity index (χ1v) is 12.2. The van der Waals surface area contributed by atoms with Gasteiger partial charge >= 0.3 is 0 Å². The molecule has 2 N–H and O–H groups in total. The van der Waals surface area contributed by atoms with E-state index in [-0.39, 0.29) is 11.1 Å². The average Bonchev–Trinajstić information content (AvgIpc) is 3.23. The first-order valence-electron chi connectivity index (χ1n) is 11.4. The van der Waals surface area contributed by atoms with Gasteiger partial charge in [-0.2, -0.15) is 0 Å². The third-order valence-electron chi connectivity index (χ3n) is 5.78. The number of hydrogen-bond acceptors (Lipinski definition) is 7. The minimum atomic E-state index is 0.0752. The van der Waals surface area contributed by atoms with Crippen LogP contribution < -0.4 is 10.6 Å². The number of anilines is 1. The molecule has 33 heavy (non-hydrogen) atoms. The number of aromatic nitrogens is 2. The molecule has 4 rings (SSSR count). The lowest BCUT2D eigenvalue weighted by molar-refractivity contribution is 0.170. The lowest BCUT2D eigenvalue weighted by Crippen LogP contribution is -2.60. The van der Waals surface area contributed by atoms with Crippen molar-refractivity contribution in [2.75, 3.05) is 12.4 Å². The molecule has 7 heteroatoms. The van der Waals surface area contributed by atoms with Crippen LogP contribution in [-0.2, 0) is 11.3 Å². The maximum Gasteiger partial charge on any atom is 0.223 e. The maximum atomic E-state index is 4.84. The Morgan fingerprint density at radius 2 is 1.76 bits per heavy atom. The number of piperidine rings is 1. The summed E-state index contributed by atoms with van der Waals surface area (Å²) in [6, 6.07) is 15.2. The average molecular weight is 464 g/mol. The van der Waals surface area contributed by atoms with Crippen molar-refractivity contribution in [2.24, 2.45) is 5.16 Å². The molecule has 1 saturated heterocycles. The van der Waals surface area contributed by atoms with Crippen LogP contribution in [0.1, 0.15) is 46.1 Å². The number of nitrogens with zero attached hydrogens (tertiary/aromatic N) is 3. The van der Waals surface area contributed by atoms with Crippen molar-refractivity contribution in [3.8, 4) is 21.0 Å². The summed E-state index contributed by atoms with van der Waals surface area (Å²) in [5.41, 5.74) is 3.50. The highest BCUT2D eigenvalue weighted by molar-refractivity contribution is 7.18. The normalized spacial score (nSPS) is 17.8. The van der Waals surface area contributed by atoms with Gasteiger partial charge in [-0.1, -0.05) is 29.4 Å². The second-order valence-electron chi connectivity index (χ2n) is 9.94. The SMILES string of the molecule is CON=CCc1ccc(-c2ccc(-c3ccnc(NC4CC(C)(C)NC(C)(C)C4)n3)s2)cc1. The predicted molar refractivity (Wildman–Crippen MR) is 138 cm³/mol. The van der Waals surface area contributed by atoms with E-state index in [2.05, 4.69) is 84.9 Å². The second-order valence-corrected chi connectivity index (χ2v) is 11.0. The Balaban J connectivity index is 1.47. The summed E-state index contributed by atoms with van der Waals surface area (Å²) >= 11 is 1.75. The summed E-state index contributed by atoms with van der Waals surface area (Å²) in [6.07, 6.45) is 6.43. The Hall–Kier alpha value is -2.77. The van der Waals surface area contributed by atoms with Gasteiger partial charge in [0.15, 0.2) is 0 Å². The molecule has 0 bridgehead atoms. The maximum absolute atomic E-state index is 4.84. The molecule has 0 radical (unpaired) electrons. The molecule has 3 aromatic rings. The third-order valence-corrected chi connectivity index (χ3v) is 6.94. The van der Waals surface area contributed by atoms with Gasteiger partial charge in [-0.05, 0) is 69.9 Å². The van der Waals surface area contributed by atoms with E-state index in [0.717, 1.165) is 29.8 Å². The van der Waals surface area contributed by atoms with E-state index in [4.69, 9.17) is 9.82 Å². The number of nitrogens with one attached hydrogen (secondary N) is 2. The van der Waals surface area contributed by atoms with Crippen molar-refractivity contribution in [3.63, 3.8) is 0 Å². The van der Waals surface area contributed by atoms with Crippen LogP contribution in [0, 0.1) is 0 Å². The Morgan fingerprint density at radius 1 is 1.06 bits per heavy atom. The molecule has 0 unspecified atom stereocenters. The van der Waals surface area contributed by atoms with E-state index in [0.29, 0.717) is 12.0 Å². The molecule has 2 aromatic heterocycles. The highest BCUT2D eigenvalue weighted by Gasteiger charge is 2.37. The number of benzene rings is 1. The topological polar surface area (TPSA) is 71.4 Å². The zero-order chi connectivity index (χ0) is 23.5. The van der Waals surface area contributed by atoms with Gasteiger partial charge in [0.1, 0.15) is 7.11 Å². The predicted octanol–water partition coefficient (Wildman–Crippen LogP) is 5.77. The fourth-order valence-corrected chi connectivity index (χ4v) is 5.81. The van der Waals surface area contributed by atoms with Gasteiger partial charge in [-0.3, -0.25) is 0 Å². The molecule has 3 heterocycles. The van der Waals surface area contributed by atoms with Crippen LogP contribution in [0.2, 0.25) is 0 Å². The summed E-state index contributed by atoms with van der Waals surface area (Å²) in [6.45, 7) is 9.03. The van der Waals surface area contributed by atoms with Gasteiger partial charge in [0.25, 0.3) is 0 Å². The summed E-state index contributed by atoms with van der Waals surface area (Å²) in [4.78, 5) is 16.4. The highest BCUT2D eigenvalue weighted by atomic mass is 32.1. The quantitative estimate of drug-likeness (QED) is 0.344. The van der Waals surface area contributed by atoms with Gasteiger partial charge in [0.2, 0.25) is 5.95 Å². The van der Waals surface area contributed by atoms with E-state index in [1.54, 1.807) is 24.7 Å². The molecule has 1 aromatic carbocycles. The molecule has 0 saturated carbocycles. The Labute approximate surface area is 200 Å².